The Labute approximate surface area is 152 Å². The smallest absolute Gasteiger partial charge is 0.251 e. The lowest BCUT2D eigenvalue weighted by molar-refractivity contribution is -0.141. The minimum Gasteiger partial charge on any atom is -0.343 e. The van der Waals surface area contributed by atoms with Gasteiger partial charge in [0.15, 0.2) is 0 Å². The quantitative estimate of drug-likeness (QED) is 0.882. The molecule has 0 bridgehead atoms. The molecule has 3 amide bonds. The Kier molecular flexibility index (Phi) is 5.85. The lowest BCUT2D eigenvalue weighted by Gasteiger charge is -2.36. The molecule has 6 nitrogen and oxygen atoms in total. The Balaban J connectivity index is 1.43. The number of nitrogens with one attached hydrogen (secondary N) is 1. The zero-order valence-corrected chi connectivity index (χ0v) is 14.7. The fourth-order valence-electron chi connectivity index (χ4n) is 3.61. The van der Waals surface area contributed by atoms with Gasteiger partial charge in [0, 0.05) is 37.7 Å². The van der Waals surface area contributed by atoms with E-state index in [2.05, 4.69) is 5.32 Å². The number of benzene rings is 1. The van der Waals surface area contributed by atoms with Crippen LogP contribution in [0.15, 0.2) is 24.3 Å². The van der Waals surface area contributed by atoms with Gasteiger partial charge in [-0.3, -0.25) is 14.4 Å². The van der Waals surface area contributed by atoms with Crippen molar-refractivity contribution in [2.45, 2.75) is 25.7 Å². The molecule has 1 saturated heterocycles. The van der Waals surface area contributed by atoms with E-state index in [4.69, 9.17) is 0 Å². The van der Waals surface area contributed by atoms with Crippen LogP contribution in [0.25, 0.3) is 0 Å². The van der Waals surface area contributed by atoms with Gasteiger partial charge in [-0.1, -0.05) is 18.9 Å². The van der Waals surface area contributed by atoms with Crippen LogP contribution in [-0.2, 0) is 9.59 Å². The van der Waals surface area contributed by atoms with Crippen molar-refractivity contribution in [3.05, 3.63) is 35.6 Å². The van der Waals surface area contributed by atoms with Gasteiger partial charge in [-0.15, -0.1) is 0 Å². The Morgan fingerprint density at radius 2 is 1.69 bits per heavy atom. The minimum absolute atomic E-state index is 0.133. The Morgan fingerprint density at radius 3 is 2.35 bits per heavy atom. The first-order valence-corrected chi connectivity index (χ1v) is 9.15. The van der Waals surface area contributed by atoms with E-state index in [0.717, 1.165) is 31.7 Å². The molecule has 2 fully saturated rings. The lowest BCUT2D eigenvalue weighted by atomic mass is 10.1. The van der Waals surface area contributed by atoms with Gasteiger partial charge < -0.3 is 15.1 Å². The van der Waals surface area contributed by atoms with Crippen molar-refractivity contribution in [1.82, 2.24) is 15.1 Å². The molecule has 1 N–H and O–H groups in total. The van der Waals surface area contributed by atoms with E-state index in [9.17, 15) is 18.8 Å². The third-order valence-corrected chi connectivity index (χ3v) is 5.14. The van der Waals surface area contributed by atoms with Gasteiger partial charge in [-0.05, 0) is 31.0 Å². The maximum atomic E-state index is 13.1. The Morgan fingerprint density at radius 1 is 1.04 bits per heavy atom. The van der Waals surface area contributed by atoms with E-state index < -0.39 is 11.7 Å². The second-order valence-corrected chi connectivity index (χ2v) is 6.88. The summed E-state index contributed by atoms with van der Waals surface area (Å²) in [6.45, 7) is 1.91. The molecule has 1 aliphatic carbocycles. The zero-order valence-electron chi connectivity index (χ0n) is 14.7. The minimum atomic E-state index is -0.493. The van der Waals surface area contributed by atoms with E-state index in [1.54, 1.807) is 4.90 Å². The van der Waals surface area contributed by atoms with Crippen LogP contribution in [0.5, 0.6) is 0 Å². The van der Waals surface area contributed by atoms with Gasteiger partial charge in [0.05, 0.1) is 6.54 Å². The zero-order chi connectivity index (χ0) is 18.5. The Hall–Kier alpha value is -2.44. The molecule has 2 aliphatic rings. The molecule has 1 aromatic carbocycles. The maximum absolute atomic E-state index is 13.1. The van der Waals surface area contributed by atoms with Crippen LogP contribution in [0.3, 0.4) is 0 Å². The summed E-state index contributed by atoms with van der Waals surface area (Å²) < 4.78 is 13.1. The number of amides is 3. The molecule has 26 heavy (non-hydrogen) atoms. The predicted molar refractivity (Wildman–Crippen MR) is 93.9 cm³/mol. The molecule has 0 unspecified atom stereocenters. The molecular formula is C19H24FN3O3. The summed E-state index contributed by atoms with van der Waals surface area (Å²) in [6, 6.07) is 5.34. The van der Waals surface area contributed by atoms with Gasteiger partial charge in [-0.2, -0.15) is 0 Å². The van der Waals surface area contributed by atoms with Crippen LogP contribution in [-0.4, -0.2) is 60.2 Å². The summed E-state index contributed by atoms with van der Waals surface area (Å²) in [5.41, 5.74) is 0.185. The second kappa shape index (κ2) is 8.29. The predicted octanol–water partition coefficient (Wildman–Crippen LogP) is 1.42. The average Bonchev–Trinajstić information content (AvgIpc) is 3.20. The van der Waals surface area contributed by atoms with Crippen LogP contribution >= 0.6 is 0 Å². The van der Waals surface area contributed by atoms with Crippen LogP contribution in [0, 0.1) is 11.7 Å². The van der Waals surface area contributed by atoms with Crippen LogP contribution < -0.4 is 5.32 Å². The SMILES string of the molecule is O=C(NCC(=O)N1CCN(C(=O)C2CCCC2)CC1)c1cccc(F)c1. The molecule has 1 aliphatic heterocycles. The highest BCUT2D eigenvalue weighted by molar-refractivity contribution is 5.96. The van der Waals surface area contributed by atoms with Crippen molar-refractivity contribution in [1.29, 1.82) is 0 Å². The number of nitrogens with zero attached hydrogens (tertiary/aromatic N) is 2. The number of hydrogen-bond donors (Lipinski definition) is 1. The van der Waals surface area contributed by atoms with Crippen molar-refractivity contribution >= 4 is 17.7 Å². The average molecular weight is 361 g/mol. The summed E-state index contributed by atoms with van der Waals surface area (Å²) in [7, 11) is 0. The van der Waals surface area contributed by atoms with Crippen LogP contribution in [0.1, 0.15) is 36.0 Å². The van der Waals surface area contributed by atoms with Crippen molar-refractivity contribution in [2.75, 3.05) is 32.7 Å². The molecule has 0 spiro atoms. The van der Waals surface area contributed by atoms with E-state index in [-0.39, 0.29) is 29.8 Å². The van der Waals surface area contributed by atoms with Gasteiger partial charge in [-0.25, -0.2) is 4.39 Å². The molecule has 0 atom stereocenters. The molecule has 1 aromatic rings. The topological polar surface area (TPSA) is 69.7 Å². The Bertz CT molecular complexity index is 680. The molecular weight excluding hydrogens is 337 g/mol. The van der Waals surface area contributed by atoms with E-state index >= 15 is 0 Å². The monoisotopic (exact) mass is 361 g/mol. The number of halogens is 1. The molecule has 7 heteroatoms. The molecule has 1 heterocycles. The fourth-order valence-corrected chi connectivity index (χ4v) is 3.61. The largest absolute Gasteiger partial charge is 0.343 e. The van der Waals surface area contributed by atoms with Gasteiger partial charge in [0.1, 0.15) is 5.82 Å². The van der Waals surface area contributed by atoms with Crippen molar-refractivity contribution in [3.63, 3.8) is 0 Å². The van der Waals surface area contributed by atoms with Gasteiger partial charge in [0.2, 0.25) is 11.8 Å². The fraction of sp³-hybridized carbons (Fsp3) is 0.526. The number of carbonyl (C=O) groups excluding carboxylic acids is 3. The number of carbonyl (C=O) groups is 3. The summed E-state index contributed by atoms with van der Waals surface area (Å²) in [5.74, 6) is -0.792. The van der Waals surface area contributed by atoms with Crippen LogP contribution in [0.4, 0.5) is 4.39 Å². The lowest BCUT2D eigenvalue weighted by Crippen LogP contribution is -2.53. The number of piperazine rings is 1. The van der Waals surface area contributed by atoms with Crippen molar-refractivity contribution < 1.29 is 18.8 Å². The second-order valence-electron chi connectivity index (χ2n) is 6.88. The highest BCUT2D eigenvalue weighted by Gasteiger charge is 2.30. The summed E-state index contributed by atoms with van der Waals surface area (Å²) in [4.78, 5) is 40.2. The molecule has 3 rings (SSSR count). The third kappa shape index (κ3) is 4.39. The van der Waals surface area contributed by atoms with Crippen molar-refractivity contribution in [3.8, 4) is 0 Å². The number of hydrogen-bond acceptors (Lipinski definition) is 3. The molecule has 140 valence electrons. The normalized spacial score (nSPS) is 18.0. The van der Waals surface area contributed by atoms with E-state index in [1.807, 2.05) is 4.90 Å². The molecule has 1 saturated carbocycles. The highest BCUT2D eigenvalue weighted by Crippen LogP contribution is 2.26. The third-order valence-electron chi connectivity index (χ3n) is 5.14. The standard InChI is InChI=1S/C19H24FN3O3/c20-16-7-3-6-15(12-16)18(25)21-13-17(24)22-8-10-23(11-9-22)19(26)14-4-1-2-5-14/h3,6-7,12,14H,1-2,4-5,8-11,13H2,(H,21,25). The number of rotatable bonds is 4. The maximum Gasteiger partial charge on any atom is 0.251 e. The summed E-state index contributed by atoms with van der Waals surface area (Å²) >= 11 is 0. The van der Waals surface area contributed by atoms with Gasteiger partial charge in [0.25, 0.3) is 5.91 Å². The van der Waals surface area contributed by atoms with Crippen molar-refractivity contribution in [2.24, 2.45) is 5.92 Å². The van der Waals surface area contributed by atoms with E-state index in [1.165, 1.54) is 18.2 Å². The molecule has 0 aromatic heterocycles. The molecule has 0 radical (unpaired) electrons. The first kappa shape index (κ1) is 18.4. The van der Waals surface area contributed by atoms with Gasteiger partial charge >= 0.3 is 0 Å². The van der Waals surface area contributed by atoms with E-state index in [0.29, 0.717) is 26.2 Å². The first-order valence-electron chi connectivity index (χ1n) is 9.15. The van der Waals surface area contributed by atoms with Crippen LogP contribution in [0.2, 0.25) is 0 Å². The highest BCUT2D eigenvalue weighted by atomic mass is 19.1. The summed E-state index contributed by atoms with van der Waals surface area (Å²) in [5, 5.41) is 2.52. The summed E-state index contributed by atoms with van der Waals surface area (Å²) in [6.07, 6.45) is 4.20. The first-order chi connectivity index (χ1) is 12.5.